The molecule has 0 radical (unpaired) electrons. The molecule has 1 atom stereocenters. The average Bonchev–Trinajstić information content (AvgIpc) is 2.74. The Hall–Kier alpha value is 0.100. The van der Waals surface area contributed by atoms with Crippen LogP contribution in [0.5, 0.6) is 0 Å². The minimum absolute atomic E-state index is 0.645. The van der Waals surface area contributed by atoms with Crippen LogP contribution in [0.25, 0.3) is 0 Å². The molecule has 4 heteroatoms. The predicted molar refractivity (Wildman–Crippen MR) is 85.3 cm³/mol. The molecule has 0 saturated carbocycles. The molecule has 1 N–H and O–H groups in total. The number of hydrogen-bond donors (Lipinski definition) is 1. The van der Waals surface area contributed by atoms with Crippen LogP contribution in [0.3, 0.4) is 0 Å². The van der Waals surface area contributed by atoms with Gasteiger partial charge in [-0.15, -0.1) is 11.3 Å². The second-order valence-electron chi connectivity index (χ2n) is 4.92. The van der Waals surface area contributed by atoms with Crippen molar-refractivity contribution < 1.29 is 0 Å². The van der Waals surface area contributed by atoms with Crippen molar-refractivity contribution in [3.8, 4) is 0 Å². The smallest absolute Gasteiger partial charge is 0.0701 e. The number of thiophene rings is 1. The lowest BCUT2D eigenvalue weighted by Gasteiger charge is -2.24. The second-order valence-corrected chi connectivity index (χ2v) is 7.21. The maximum atomic E-state index is 3.52. The summed E-state index contributed by atoms with van der Waals surface area (Å²) in [6.07, 6.45) is 3.75. The molecule has 1 heterocycles. The fourth-order valence-electron chi connectivity index (χ4n) is 1.92. The number of hydrogen-bond acceptors (Lipinski definition) is 3. The van der Waals surface area contributed by atoms with Crippen molar-refractivity contribution >= 4 is 27.3 Å². The topological polar surface area (TPSA) is 15.3 Å². The van der Waals surface area contributed by atoms with E-state index in [1.165, 1.54) is 28.6 Å². The normalized spacial score (nSPS) is 13.2. The lowest BCUT2D eigenvalue weighted by atomic mass is 10.1. The van der Waals surface area contributed by atoms with Gasteiger partial charge in [0.1, 0.15) is 0 Å². The summed E-state index contributed by atoms with van der Waals surface area (Å²) < 4.78 is 1.22. The van der Waals surface area contributed by atoms with Crippen molar-refractivity contribution in [1.82, 2.24) is 10.2 Å². The summed E-state index contributed by atoms with van der Waals surface area (Å²) in [5, 5.41) is 5.69. The van der Waals surface area contributed by atoms with Gasteiger partial charge in [0.15, 0.2) is 0 Å². The van der Waals surface area contributed by atoms with Crippen molar-refractivity contribution in [2.45, 2.75) is 45.7 Å². The summed E-state index contributed by atoms with van der Waals surface area (Å²) >= 11 is 5.28. The van der Waals surface area contributed by atoms with Crippen LogP contribution in [0.2, 0.25) is 0 Å². The standard InChI is InChI=1S/C14H25BrN2S/c1-4-7-16-8-5-6-12(2)17(3)10-13-9-14(15)18-11-13/h9,11-12,16H,4-8,10H2,1-3H3. The second kappa shape index (κ2) is 9.08. The van der Waals surface area contributed by atoms with Gasteiger partial charge in [-0.2, -0.15) is 0 Å². The highest BCUT2D eigenvalue weighted by atomic mass is 79.9. The van der Waals surface area contributed by atoms with Crippen LogP contribution in [-0.2, 0) is 6.54 Å². The first-order valence-electron chi connectivity index (χ1n) is 6.77. The zero-order valence-electron chi connectivity index (χ0n) is 11.7. The van der Waals surface area contributed by atoms with Gasteiger partial charge in [0, 0.05) is 12.6 Å². The molecular weight excluding hydrogens is 308 g/mol. The van der Waals surface area contributed by atoms with E-state index >= 15 is 0 Å². The largest absolute Gasteiger partial charge is 0.317 e. The Morgan fingerprint density at radius 2 is 2.22 bits per heavy atom. The zero-order chi connectivity index (χ0) is 13.4. The van der Waals surface area contributed by atoms with E-state index in [4.69, 9.17) is 0 Å². The molecule has 0 bridgehead atoms. The third kappa shape index (κ3) is 6.32. The van der Waals surface area contributed by atoms with Crippen molar-refractivity contribution in [3.05, 3.63) is 20.8 Å². The van der Waals surface area contributed by atoms with Crippen LogP contribution in [0.1, 0.15) is 38.7 Å². The summed E-state index contributed by atoms with van der Waals surface area (Å²) in [6, 6.07) is 2.86. The fraction of sp³-hybridized carbons (Fsp3) is 0.714. The number of nitrogens with zero attached hydrogens (tertiary/aromatic N) is 1. The van der Waals surface area contributed by atoms with E-state index in [9.17, 15) is 0 Å². The van der Waals surface area contributed by atoms with Gasteiger partial charge in [0.25, 0.3) is 0 Å². The minimum atomic E-state index is 0.645. The van der Waals surface area contributed by atoms with E-state index in [-0.39, 0.29) is 0 Å². The monoisotopic (exact) mass is 332 g/mol. The molecular formula is C14H25BrN2S. The third-order valence-corrected chi connectivity index (χ3v) is 4.76. The van der Waals surface area contributed by atoms with Gasteiger partial charge in [0.05, 0.1) is 3.79 Å². The fourth-order valence-corrected chi connectivity index (χ4v) is 3.12. The third-order valence-electron chi connectivity index (χ3n) is 3.21. The molecule has 0 aliphatic heterocycles. The van der Waals surface area contributed by atoms with Crippen molar-refractivity contribution in [1.29, 1.82) is 0 Å². The molecule has 2 nitrogen and oxygen atoms in total. The summed E-state index contributed by atoms with van der Waals surface area (Å²) in [5.41, 5.74) is 1.41. The Bertz CT molecular complexity index is 327. The minimum Gasteiger partial charge on any atom is -0.317 e. The zero-order valence-corrected chi connectivity index (χ0v) is 14.1. The Morgan fingerprint density at radius 3 is 2.83 bits per heavy atom. The van der Waals surface area contributed by atoms with Gasteiger partial charge in [-0.1, -0.05) is 6.92 Å². The highest BCUT2D eigenvalue weighted by Crippen LogP contribution is 2.22. The van der Waals surface area contributed by atoms with Crippen molar-refractivity contribution in [2.75, 3.05) is 20.1 Å². The molecule has 104 valence electrons. The van der Waals surface area contributed by atoms with Crippen molar-refractivity contribution in [3.63, 3.8) is 0 Å². The van der Waals surface area contributed by atoms with Crippen LogP contribution in [0.15, 0.2) is 15.2 Å². The summed E-state index contributed by atoms with van der Waals surface area (Å²) in [6.45, 7) is 7.87. The maximum Gasteiger partial charge on any atom is 0.0701 e. The number of nitrogens with one attached hydrogen (secondary N) is 1. The first-order chi connectivity index (χ1) is 8.63. The van der Waals surface area contributed by atoms with Crippen LogP contribution >= 0.6 is 27.3 Å². The molecule has 0 aromatic carbocycles. The van der Waals surface area contributed by atoms with Crippen LogP contribution in [-0.4, -0.2) is 31.1 Å². The van der Waals surface area contributed by atoms with Gasteiger partial charge < -0.3 is 5.32 Å². The van der Waals surface area contributed by atoms with Crippen LogP contribution in [0, 0.1) is 0 Å². The molecule has 1 rings (SSSR count). The molecule has 0 amide bonds. The van der Waals surface area contributed by atoms with Gasteiger partial charge in [-0.3, -0.25) is 4.90 Å². The van der Waals surface area contributed by atoms with E-state index in [1.54, 1.807) is 11.3 Å². The first kappa shape index (κ1) is 16.2. The summed E-state index contributed by atoms with van der Waals surface area (Å²) in [4.78, 5) is 2.44. The van der Waals surface area contributed by atoms with Gasteiger partial charge in [0.2, 0.25) is 0 Å². The Morgan fingerprint density at radius 1 is 1.44 bits per heavy atom. The molecule has 1 aromatic rings. The summed E-state index contributed by atoms with van der Waals surface area (Å²) in [5.74, 6) is 0. The SMILES string of the molecule is CCCNCCCC(C)N(C)Cc1csc(Br)c1. The Kier molecular flexibility index (Phi) is 8.15. The number of halogens is 1. The van der Waals surface area contributed by atoms with Gasteiger partial charge in [-0.25, -0.2) is 0 Å². The summed E-state index contributed by atoms with van der Waals surface area (Å²) in [7, 11) is 2.22. The molecule has 0 saturated heterocycles. The van der Waals surface area contributed by atoms with Crippen LogP contribution in [0.4, 0.5) is 0 Å². The molecule has 18 heavy (non-hydrogen) atoms. The Labute approximate surface area is 124 Å². The maximum absolute atomic E-state index is 3.52. The van der Waals surface area contributed by atoms with E-state index in [0.29, 0.717) is 6.04 Å². The molecule has 0 spiro atoms. The van der Waals surface area contributed by atoms with Gasteiger partial charge >= 0.3 is 0 Å². The van der Waals surface area contributed by atoms with E-state index in [1.807, 2.05) is 0 Å². The van der Waals surface area contributed by atoms with E-state index < -0.39 is 0 Å². The van der Waals surface area contributed by atoms with E-state index in [2.05, 4.69) is 58.5 Å². The highest BCUT2D eigenvalue weighted by Gasteiger charge is 2.10. The molecule has 0 aliphatic carbocycles. The Balaban J connectivity index is 2.18. The number of rotatable bonds is 9. The molecule has 1 aromatic heterocycles. The predicted octanol–water partition coefficient (Wildman–Crippen LogP) is 4.11. The lowest BCUT2D eigenvalue weighted by Crippen LogP contribution is -2.29. The van der Waals surface area contributed by atoms with E-state index in [0.717, 1.165) is 19.6 Å². The highest BCUT2D eigenvalue weighted by molar-refractivity contribution is 9.11. The quantitative estimate of drug-likeness (QED) is 0.684. The average molecular weight is 333 g/mol. The first-order valence-corrected chi connectivity index (χ1v) is 8.44. The lowest BCUT2D eigenvalue weighted by molar-refractivity contribution is 0.234. The molecule has 1 unspecified atom stereocenters. The van der Waals surface area contributed by atoms with Gasteiger partial charge in [-0.05, 0) is 79.3 Å². The molecule has 0 fully saturated rings. The van der Waals surface area contributed by atoms with Crippen LogP contribution < -0.4 is 5.32 Å². The van der Waals surface area contributed by atoms with Crippen molar-refractivity contribution in [2.24, 2.45) is 0 Å². The molecule has 0 aliphatic rings.